The first-order valence-corrected chi connectivity index (χ1v) is 4.60. The number of hydrogen-bond acceptors (Lipinski definition) is 3. The van der Waals surface area contributed by atoms with Crippen molar-refractivity contribution in [3.63, 3.8) is 0 Å². The molecule has 3 N–H and O–H groups in total. The molecule has 0 bridgehead atoms. The van der Waals surface area contributed by atoms with Crippen LogP contribution in [0.4, 0.5) is 0 Å². The summed E-state index contributed by atoms with van der Waals surface area (Å²) in [7, 11) is 0. The standard InChI is InChI=1S/C9H15N3O/c1-7-10-4-8(12-7)5-11-9(6-13)2-3-9/h4,11,13H,2-3,5-6H2,1H3,(H,10,12). The number of nitrogens with one attached hydrogen (secondary N) is 2. The van der Waals surface area contributed by atoms with Crippen LogP contribution in [-0.2, 0) is 6.54 Å². The number of aliphatic hydroxyl groups is 1. The molecule has 1 heterocycles. The summed E-state index contributed by atoms with van der Waals surface area (Å²) in [5.41, 5.74) is 1.09. The first-order valence-electron chi connectivity index (χ1n) is 4.60. The highest BCUT2D eigenvalue weighted by Gasteiger charge is 2.41. The fraction of sp³-hybridized carbons (Fsp3) is 0.667. The van der Waals surface area contributed by atoms with Crippen molar-refractivity contribution in [3.05, 3.63) is 17.7 Å². The molecule has 1 aliphatic carbocycles. The van der Waals surface area contributed by atoms with Gasteiger partial charge in [0.1, 0.15) is 5.82 Å². The normalized spacial score (nSPS) is 18.9. The third kappa shape index (κ3) is 1.89. The van der Waals surface area contributed by atoms with Gasteiger partial charge in [-0.05, 0) is 19.8 Å². The molecule has 1 aromatic rings. The number of H-pyrrole nitrogens is 1. The molecule has 72 valence electrons. The Morgan fingerprint density at radius 3 is 2.92 bits per heavy atom. The molecule has 4 heteroatoms. The second kappa shape index (κ2) is 3.12. The summed E-state index contributed by atoms with van der Waals surface area (Å²) in [4.78, 5) is 7.25. The monoisotopic (exact) mass is 181 g/mol. The number of nitrogens with zero attached hydrogens (tertiary/aromatic N) is 1. The van der Waals surface area contributed by atoms with Gasteiger partial charge in [0, 0.05) is 24.0 Å². The lowest BCUT2D eigenvalue weighted by Crippen LogP contribution is -2.34. The lowest BCUT2D eigenvalue weighted by atomic mass is 10.3. The Morgan fingerprint density at radius 2 is 2.46 bits per heavy atom. The van der Waals surface area contributed by atoms with E-state index in [0.29, 0.717) is 0 Å². The van der Waals surface area contributed by atoms with E-state index in [1.165, 1.54) is 0 Å². The van der Waals surface area contributed by atoms with Gasteiger partial charge in [0.15, 0.2) is 0 Å². The summed E-state index contributed by atoms with van der Waals surface area (Å²) < 4.78 is 0. The number of hydrogen-bond donors (Lipinski definition) is 3. The number of aromatic amines is 1. The van der Waals surface area contributed by atoms with Crippen molar-refractivity contribution in [2.24, 2.45) is 0 Å². The maximum absolute atomic E-state index is 9.05. The molecule has 0 spiro atoms. The van der Waals surface area contributed by atoms with Crippen LogP contribution in [-0.4, -0.2) is 27.2 Å². The van der Waals surface area contributed by atoms with Crippen LogP contribution in [0.3, 0.4) is 0 Å². The molecule has 1 aromatic heterocycles. The zero-order valence-electron chi connectivity index (χ0n) is 7.80. The quantitative estimate of drug-likeness (QED) is 0.627. The summed E-state index contributed by atoms with van der Waals surface area (Å²) in [6.07, 6.45) is 3.99. The maximum atomic E-state index is 9.05. The first kappa shape index (κ1) is 8.72. The second-order valence-electron chi connectivity index (χ2n) is 3.79. The van der Waals surface area contributed by atoms with Crippen LogP contribution < -0.4 is 5.32 Å². The molecular weight excluding hydrogens is 166 g/mol. The summed E-state index contributed by atoms with van der Waals surface area (Å²) in [6, 6.07) is 0. The van der Waals surface area contributed by atoms with Crippen LogP contribution in [0, 0.1) is 6.92 Å². The molecule has 1 aliphatic rings. The highest BCUT2D eigenvalue weighted by molar-refractivity contribution is 5.05. The SMILES string of the molecule is Cc1ncc(CNC2(CO)CC2)[nH]1. The highest BCUT2D eigenvalue weighted by Crippen LogP contribution is 2.34. The molecule has 0 amide bonds. The zero-order chi connectivity index (χ0) is 9.31. The molecule has 1 saturated carbocycles. The van der Waals surface area contributed by atoms with Crippen LogP contribution in [0.1, 0.15) is 24.4 Å². The van der Waals surface area contributed by atoms with Crippen LogP contribution in [0.15, 0.2) is 6.20 Å². The largest absolute Gasteiger partial charge is 0.394 e. The molecule has 2 rings (SSSR count). The van der Waals surface area contributed by atoms with E-state index in [0.717, 1.165) is 30.9 Å². The molecule has 0 radical (unpaired) electrons. The molecule has 0 unspecified atom stereocenters. The van der Waals surface area contributed by atoms with Crippen molar-refractivity contribution in [2.45, 2.75) is 31.8 Å². The molecule has 0 aliphatic heterocycles. The van der Waals surface area contributed by atoms with E-state index in [1.807, 2.05) is 13.1 Å². The van der Waals surface area contributed by atoms with E-state index in [1.54, 1.807) is 0 Å². The Hall–Kier alpha value is -0.870. The van der Waals surface area contributed by atoms with Gasteiger partial charge in [0.25, 0.3) is 0 Å². The number of aliphatic hydroxyl groups excluding tert-OH is 1. The van der Waals surface area contributed by atoms with Gasteiger partial charge in [-0.1, -0.05) is 0 Å². The van der Waals surface area contributed by atoms with E-state index in [-0.39, 0.29) is 12.1 Å². The molecule has 4 nitrogen and oxygen atoms in total. The van der Waals surface area contributed by atoms with E-state index >= 15 is 0 Å². The van der Waals surface area contributed by atoms with Crippen LogP contribution in [0.5, 0.6) is 0 Å². The average molecular weight is 181 g/mol. The fourth-order valence-corrected chi connectivity index (χ4v) is 1.39. The van der Waals surface area contributed by atoms with E-state index in [9.17, 15) is 0 Å². The van der Waals surface area contributed by atoms with Gasteiger partial charge in [-0.25, -0.2) is 4.98 Å². The van der Waals surface area contributed by atoms with Gasteiger partial charge in [-0.15, -0.1) is 0 Å². The van der Waals surface area contributed by atoms with E-state index < -0.39 is 0 Å². The summed E-state index contributed by atoms with van der Waals surface area (Å²) in [5, 5.41) is 12.4. The minimum atomic E-state index is 0.0129. The van der Waals surface area contributed by atoms with Crippen molar-refractivity contribution >= 4 is 0 Å². The molecule has 0 atom stereocenters. The lowest BCUT2D eigenvalue weighted by molar-refractivity contribution is 0.229. The summed E-state index contributed by atoms with van der Waals surface area (Å²) in [6.45, 7) is 2.93. The second-order valence-corrected chi connectivity index (χ2v) is 3.79. The van der Waals surface area contributed by atoms with Crippen molar-refractivity contribution in [1.82, 2.24) is 15.3 Å². The van der Waals surface area contributed by atoms with Crippen LogP contribution in [0.25, 0.3) is 0 Å². The number of aryl methyl sites for hydroxylation is 1. The maximum Gasteiger partial charge on any atom is 0.103 e. The molecular formula is C9H15N3O. The minimum absolute atomic E-state index is 0.0129. The highest BCUT2D eigenvalue weighted by atomic mass is 16.3. The van der Waals surface area contributed by atoms with Gasteiger partial charge in [0.2, 0.25) is 0 Å². The van der Waals surface area contributed by atoms with Gasteiger partial charge >= 0.3 is 0 Å². The Labute approximate surface area is 77.4 Å². The summed E-state index contributed by atoms with van der Waals surface area (Å²) >= 11 is 0. The predicted molar refractivity (Wildman–Crippen MR) is 49.2 cm³/mol. The van der Waals surface area contributed by atoms with Gasteiger partial charge in [-0.3, -0.25) is 0 Å². The number of imidazole rings is 1. The smallest absolute Gasteiger partial charge is 0.103 e. The third-order valence-electron chi connectivity index (χ3n) is 2.57. The minimum Gasteiger partial charge on any atom is -0.394 e. The topological polar surface area (TPSA) is 60.9 Å². The molecule has 0 aromatic carbocycles. The Morgan fingerprint density at radius 1 is 1.69 bits per heavy atom. The Balaban J connectivity index is 1.86. The van der Waals surface area contributed by atoms with Crippen molar-refractivity contribution in [3.8, 4) is 0 Å². The van der Waals surface area contributed by atoms with Gasteiger partial charge in [-0.2, -0.15) is 0 Å². The average Bonchev–Trinajstić information content (AvgIpc) is 2.81. The number of aromatic nitrogens is 2. The van der Waals surface area contributed by atoms with Crippen molar-refractivity contribution in [1.29, 1.82) is 0 Å². The number of rotatable bonds is 4. The van der Waals surface area contributed by atoms with Crippen molar-refractivity contribution < 1.29 is 5.11 Å². The molecule has 13 heavy (non-hydrogen) atoms. The summed E-state index contributed by atoms with van der Waals surface area (Å²) in [5.74, 6) is 0.936. The fourth-order valence-electron chi connectivity index (χ4n) is 1.39. The zero-order valence-corrected chi connectivity index (χ0v) is 7.80. The van der Waals surface area contributed by atoms with Gasteiger partial charge in [0.05, 0.1) is 6.61 Å². The first-order chi connectivity index (χ1) is 6.24. The lowest BCUT2D eigenvalue weighted by Gasteiger charge is -2.12. The van der Waals surface area contributed by atoms with Crippen LogP contribution in [0.2, 0.25) is 0 Å². The Bertz CT molecular complexity index is 291. The van der Waals surface area contributed by atoms with Crippen molar-refractivity contribution in [2.75, 3.05) is 6.61 Å². The molecule has 0 saturated heterocycles. The van der Waals surface area contributed by atoms with Gasteiger partial charge < -0.3 is 15.4 Å². The third-order valence-corrected chi connectivity index (χ3v) is 2.57. The van der Waals surface area contributed by atoms with E-state index in [2.05, 4.69) is 15.3 Å². The predicted octanol–water partition coefficient (Wildman–Crippen LogP) is 0.333. The van der Waals surface area contributed by atoms with E-state index in [4.69, 9.17) is 5.11 Å². The molecule has 1 fully saturated rings. The van der Waals surface area contributed by atoms with Crippen LogP contribution >= 0.6 is 0 Å². The Kier molecular flexibility index (Phi) is 2.09.